The summed E-state index contributed by atoms with van der Waals surface area (Å²) in [4.78, 5) is 25.6. The second-order valence-electron chi connectivity index (χ2n) is 8.29. The van der Waals surface area contributed by atoms with Crippen molar-refractivity contribution in [2.45, 2.75) is 33.2 Å². The highest BCUT2D eigenvalue weighted by molar-refractivity contribution is 9.10. The molecular formula is C25H25BrN2O3. The van der Waals surface area contributed by atoms with Crippen LogP contribution in [0.15, 0.2) is 75.3 Å². The summed E-state index contributed by atoms with van der Waals surface area (Å²) in [6, 6.07) is 18.5. The van der Waals surface area contributed by atoms with Crippen molar-refractivity contribution in [1.82, 2.24) is 10.6 Å². The van der Waals surface area contributed by atoms with E-state index in [-0.39, 0.29) is 11.6 Å². The summed E-state index contributed by atoms with van der Waals surface area (Å²) >= 11 is 3.42. The van der Waals surface area contributed by atoms with Crippen LogP contribution >= 0.6 is 15.9 Å². The number of benzene rings is 2. The lowest BCUT2D eigenvalue weighted by Gasteiger charge is -2.21. The monoisotopic (exact) mass is 480 g/mol. The smallest absolute Gasteiger partial charge is 0.268 e. The summed E-state index contributed by atoms with van der Waals surface area (Å²) in [5.41, 5.74) is 2.07. The Kier molecular flexibility index (Phi) is 6.81. The number of nitrogens with one attached hydrogen (secondary N) is 2. The molecule has 160 valence electrons. The Morgan fingerprint density at radius 2 is 1.58 bits per heavy atom. The van der Waals surface area contributed by atoms with Gasteiger partial charge in [-0.05, 0) is 64.1 Å². The Morgan fingerprint density at radius 3 is 2.19 bits per heavy atom. The molecule has 3 rings (SSSR count). The first-order valence-corrected chi connectivity index (χ1v) is 10.7. The van der Waals surface area contributed by atoms with Crippen LogP contribution in [0, 0.1) is 6.92 Å². The molecule has 5 nitrogen and oxygen atoms in total. The Balaban J connectivity index is 1.89. The minimum Gasteiger partial charge on any atom is -0.457 e. The number of carbonyl (C=O) groups excluding carboxylic acids is 2. The van der Waals surface area contributed by atoms with E-state index >= 15 is 0 Å². The van der Waals surface area contributed by atoms with Gasteiger partial charge in [0.05, 0.1) is 0 Å². The van der Waals surface area contributed by atoms with E-state index in [9.17, 15) is 9.59 Å². The summed E-state index contributed by atoms with van der Waals surface area (Å²) < 4.78 is 6.88. The van der Waals surface area contributed by atoms with E-state index in [1.165, 1.54) is 6.08 Å². The van der Waals surface area contributed by atoms with Gasteiger partial charge in [0, 0.05) is 27.2 Å². The topological polar surface area (TPSA) is 71.3 Å². The van der Waals surface area contributed by atoms with Crippen molar-refractivity contribution in [3.63, 3.8) is 0 Å². The normalized spacial score (nSPS) is 11.8. The maximum atomic E-state index is 12.9. The number of hydrogen-bond donors (Lipinski definition) is 2. The first-order valence-electron chi connectivity index (χ1n) is 9.89. The standard InChI is InChI=1S/C25H25BrN2O3/c1-16-5-7-18(8-6-16)23(29)27-21(24(30)28-25(2,3)4)15-20-13-14-22(31-20)17-9-11-19(26)12-10-17/h5-15H,1-4H3,(H,27,29)(H,28,30)/b21-15-. The molecule has 0 saturated heterocycles. The summed E-state index contributed by atoms with van der Waals surface area (Å²) in [6.45, 7) is 7.58. The minimum absolute atomic E-state index is 0.109. The molecule has 3 aromatic rings. The van der Waals surface area contributed by atoms with Gasteiger partial charge in [0.1, 0.15) is 17.2 Å². The van der Waals surface area contributed by atoms with Crippen LogP contribution in [0.3, 0.4) is 0 Å². The lowest BCUT2D eigenvalue weighted by atomic mass is 10.1. The summed E-state index contributed by atoms with van der Waals surface area (Å²) in [5.74, 6) is 0.366. The molecule has 0 bridgehead atoms. The van der Waals surface area contributed by atoms with E-state index < -0.39 is 11.4 Å². The number of halogens is 1. The molecule has 2 amide bonds. The fourth-order valence-electron chi connectivity index (χ4n) is 2.81. The van der Waals surface area contributed by atoms with Gasteiger partial charge in [0.2, 0.25) is 0 Å². The zero-order chi connectivity index (χ0) is 22.6. The van der Waals surface area contributed by atoms with Gasteiger partial charge in [-0.15, -0.1) is 0 Å². The predicted octanol–water partition coefficient (Wildman–Crippen LogP) is 5.70. The molecule has 2 N–H and O–H groups in total. The number of carbonyl (C=O) groups is 2. The Bertz CT molecular complexity index is 1100. The Morgan fingerprint density at radius 1 is 0.935 bits per heavy atom. The van der Waals surface area contributed by atoms with Crippen molar-refractivity contribution < 1.29 is 14.0 Å². The van der Waals surface area contributed by atoms with Gasteiger partial charge >= 0.3 is 0 Å². The van der Waals surface area contributed by atoms with Crippen molar-refractivity contribution in [2.24, 2.45) is 0 Å². The second-order valence-corrected chi connectivity index (χ2v) is 9.21. The van der Waals surface area contributed by atoms with E-state index in [1.807, 2.05) is 70.2 Å². The maximum absolute atomic E-state index is 12.9. The first kappa shape index (κ1) is 22.6. The highest BCUT2D eigenvalue weighted by Crippen LogP contribution is 2.25. The van der Waals surface area contributed by atoms with Crippen LogP contribution in [0.1, 0.15) is 42.5 Å². The molecule has 0 atom stereocenters. The number of rotatable bonds is 5. The second kappa shape index (κ2) is 9.35. The van der Waals surface area contributed by atoms with Crippen LogP contribution in [0.2, 0.25) is 0 Å². The fourth-order valence-corrected chi connectivity index (χ4v) is 3.07. The summed E-state index contributed by atoms with van der Waals surface area (Å²) in [5, 5.41) is 5.61. The number of aryl methyl sites for hydroxylation is 1. The predicted molar refractivity (Wildman–Crippen MR) is 126 cm³/mol. The molecular weight excluding hydrogens is 456 g/mol. The van der Waals surface area contributed by atoms with Crippen molar-refractivity contribution in [1.29, 1.82) is 0 Å². The quantitative estimate of drug-likeness (QED) is 0.459. The molecule has 0 radical (unpaired) electrons. The molecule has 1 heterocycles. The molecule has 6 heteroatoms. The lowest BCUT2D eigenvalue weighted by Crippen LogP contribution is -2.44. The number of furan rings is 1. The highest BCUT2D eigenvalue weighted by Gasteiger charge is 2.20. The van der Waals surface area contributed by atoms with Crippen molar-refractivity contribution >= 4 is 33.8 Å². The number of amides is 2. The maximum Gasteiger partial charge on any atom is 0.268 e. The molecule has 31 heavy (non-hydrogen) atoms. The molecule has 1 aromatic heterocycles. The van der Waals surface area contributed by atoms with E-state index in [0.29, 0.717) is 17.1 Å². The van der Waals surface area contributed by atoms with Crippen LogP contribution in [0.25, 0.3) is 17.4 Å². The molecule has 0 saturated carbocycles. The van der Waals surface area contributed by atoms with E-state index in [4.69, 9.17) is 4.42 Å². The van der Waals surface area contributed by atoms with Gasteiger partial charge in [-0.25, -0.2) is 0 Å². The third-order valence-corrected chi connectivity index (χ3v) is 4.87. The number of hydrogen-bond acceptors (Lipinski definition) is 3. The molecule has 0 aliphatic carbocycles. The van der Waals surface area contributed by atoms with Gasteiger partial charge in [-0.1, -0.05) is 45.8 Å². The Hall–Kier alpha value is -3.12. The van der Waals surface area contributed by atoms with E-state index in [2.05, 4.69) is 26.6 Å². The molecule has 0 unspecified atom stereocenters. The Labute approximate surface area is 190 Å². The van der Waals surface area contributed by atoms with Crippen LogP contribution in [-0.2, 0) is 4.79 Å². The van der Waals surface area contributed by atoms with E-state index in [0.717, 1.165) is 15.6 Å². The molecule has 0 aliphatic heterocycles. The first-order chi connectivity index (χ1) is 14.6. The minimum atomic E-state index is -0.462. The van der Waals surface area contributed by atoms with Crippen LogP contribution in [0.5, 0.6) is 0 Å². The lowest BCUT2D eigenvalue weighted by molar-refractivity contribution is -0.119. The average Bonchev–Trinajstić information content (AvgIpc) is 3.15. The molecule has 0 aliphatic rings. The van der Waals surface area contributed by atoms with Gasteiger partial charge in [-0.2, -0.15) is 0 Å². The molecule has 2 aromatic carbocycles. The van der Waals surface area contributed by atoms with Crippen molar-refractivity contribution in [2.75, 3.05) is 0 Å². The van der Waals surface area contributed by atoms with Crippen LogP contribution in [0.4, 0.5) is 0 Å². The molecule has 0 spiro atoms. The van der Waals surface area contributed by atoms with Crippen LogP contribution in [-0.4, -0.2) is 17.4 Å². The van der Waals surface area contributed by atoms with Gasteiger partial charge < -0.3 is 15.1 Å². The SMILES string of the molecule is Cc1ccc(C(=O)N/C(=C\c2ccc(-c3ccc(Br)cc3)o2)C(=O)NC(C)(C)C)cc1. The van der Waals surface area contributed by atoms with Crippen molar-refractivity contribution in [3.05, 3.63) is 87.7 Å². The third-order valence-electron chi connectivity index (χ3n) is 4.34. The zero-order valence-electron chi connectivity index (χ0n) is 18.0. The van der Waals surface area contributed by atoms with Crippen LogP contribution < -0.4 is 10.6 Å². The fraction of sp³-hybridized carbons (Fsp3) is 0.200. The average molecular weight is 481 g/mol. The van der Waals surface area contributed by atoms with Gasteiger partial charge in [0.25, 0.3) is 11.8 Å². The molecule has 0 fully saturated rings. The largest absolute Gasteiger partial charge is 0.457 e. The third kappa shape index (κ3) is 6.43. The van der Waals surface area contributed by atoms with Gasteiger partial charge in [0.15, 0.2) is 0 Å². The highest BCUT2D eigenvalue weighted by atomic mass is 79.9. The zero-order valence-corrected chi connectivity index (χ0v) is 19.5. The van der Waals surface area contributed by atoms with Gasteiger partial charge in [-0.3, -0.25) is 9.59 Å². The van der Waals surface area contributed by atoms with E-state index in [1.54, 1.807) is 18.2 Å². The van der Waals surface area contributed by atoms with Crippen molar-refractivity contribution in [3.8, 4) is 11.3 Å². The summed E-state index contributed by atoms with van der Waals surface area (Å²) in [6.07, 6.45) is 1.54. The summed E-state index contributed by atoms with van der Waals surface area (Å²) in [7, 11) is 0.